The monoisotopic (exact) mass is 429 g/mol. The number of hydrogen-bond donors (Lipinski definition) is 0. The van der Waals surface area contributed by atoms with Crippen molar-refractivity contribution in [3.63, 3.8) is 0 Å². The van der Waals surface area contributed by atoms with Crippen LogP contribution >= 0.6 is 11.3 Å². The molecule has 148 valence electrons. The average Bonchev–Trinajstić information content (AvgIpc) is 3.41. The van der Waals surface area contributed by atoms with Gasteiger partial charge in [-0.15, -0.1) is 21.5 Å². The number of rotatable bonds is 7. The molecule has 3 heterocycles. The fraction of sp³-hybridized carbons (Fsp3) is 0.167. The molecule has 0 aliphatic carbocycles. The summed E-state index contributed by atoms with van der Waals surface area (Å²) in [7, 11) is 0.173. The summed E-state index contributed by atoms with van der Waals surface area (Å²) in [6.07, 6.45) is 5.01. The lowest BCUT2D eigenvalue weighted by molar-refractivity contribution is 0.203. The molecule has 9 nitrogen and oxygen atoms in total. The summed E-state index contributed by atoms with van der Waals surface area (Å²) in [5.41, 5.74) is 3.74. The third-order valence-electron chi connectivity index (χ3n) is 3.95. The van der Waals surface area contributed by atoms with Crippen molar-refractivity contribution in [1.82, 2.24) is 20.2 Å². The molecule has 0 aliphatic heterocycles. The molecule has 0 amide bonds. The predicted octanol–water partition coefficient (Wildman–Crippen LogP) is 2.96. The first-order valence-corrected chi connectivity index (χ1v) is 10.8. The van der Waals surface area contributed by atoms with E-state index in [2.05, 4.69) is 25.3 Å². The van der Waals surface area contributed by atoms with Gasteiger partial charge in [-0.3, -0.25) is 9.19 Å². The van der Waals surface area contributed by atoms with Crippen molar-refractivity contribution in [3.8, 4) is 5.75 Å². The zero-order chi connectivity index (χ0) is 20.2. The largest absolute Gasteiger partial charge is 0.474 e. The Kier molecular flexibility index (Phi) is 5.58. The summed E-state index contributed by atoms with van der Waals surface area (Å²) in [4.78, 5) is 14.0. The van der Waals surface area contributed by atoms with Gasteiger partial charge in [-0.2, -0.15) is 0 Å². The minimum absolute atomic E-state index is 0.238. The number of benzene rings is 1. The molecule has 11 heteroatoms. The molecule has 0 saturated carbocycles. The van der Waals surface area contributed by atoms with E-state index in [1.165, 1.54) is 37.3 Å². The molecule has 0 bridgehead atoms. The number of aromatic nitrogens is 4. The lowest BCUT2D eigenvalue weighted by Crippen LogP contribution is -2.13. The van der Waals surface area contributed by atoms with Gasteiger partial charge in [-0.1, -0.05) is 5.16 Å². The van der Waals surface area contributed by atoms with Crippen LogP contribution in [-0.4, -0.2) is 44.0 Å². The van der Waals surface area contributed by atoms with E-state index in [0.29, 0.717) is 21.9 Å². The minimum atomic E-state index is -1.26. The Labute approximate surface area is 171 Å². The van der Waals surface area contributed by atoms with Gasteiger partial charge in [0.2, 0.25) is 12.5 Å². The van der Waals surface area contributed by atoms with E-state index in [4.69, 9.17) is 14.0 Å². The number of hydrogen-bond acceptors (Lipinski definition) is 10. The van der Waals surface area contributed by atoms with E-state index in [9.17, 15) is 4.21 Å². The first kappa shape index (κ1) is 19.2. The zero-order valence-electron chi connectivity index (χ0n) is 15.4. The van der Waals surface area contributed by atoms with Crippen molar-refractivity contribution in [2.24, 2.45) is 5.16 Å². The molecule has 3 aromatic heterocycles. The van der Waals surface area contributed by atoms with Crippen molar-refractivity contribution >= 4 is 38.6 Å². The topological polar surface area (TPSA) is 113 Å². The number of ether oxygens (including phenoxy) is 1. The molecule has 2 atom stereocenters. The highest BCUT2D eigenvalue weighted by molar-refractivity contribution is 7.84. The van der Waals surface area contributed by atoms with Gasteiger partial charge in [0.25, 0.3) is 5.89 Å². The molecular formula is C18H15N5O4S2. The van der Waals surface area contributed by atoms with Crippen LogP contribution in [0.1, 0.15) is 23.3 Å². The first-order chi connectivity index (χ1) is 14.2. The Balaban J connectivity index is 1.75. The molecule has 4 rings (SSSR count). The quantitative estimate of drug-likeness (QED) is 0.325. The highest BCUT2D eigenvalue weighted by Crippen LogP contribution is 2.30. The van der Waals surface area contributed by atoms with Crippen LogP contribution in [0.2, 0.25) is 0 Å². The summed E-state index contributed by atoms with van der Waals surface area (Å²) in [5.74, 6) is 0.837. The Morgan fingerprint density at radius 2 is 2.21 bits per heavy atom. The number of fused-ring (bicyclic) bond motifs is 1. The second-order valence-corrected chi connectivity index (χ2v) is 8.01. The van der Waals surface area contributed by atoms with E-state index in [0.717, 1.165) is 10.2 Å². The third-order valence-corrected chi connectivity index (χ3v) is 5.70. The Morgan fingerprint density at radius 1 is 1.31 bits per heavy atom. The van der Waals surface area contributed by atoms with Gasteiger partial charge in [0.15, 0.2) is 0 Å². The first-order valence-electron chi connectivity index (χ1n) is 8.31. The molecule has 0 N–H and O–H groups in total. The van der Waals surface area contributed by atoms with Gasteiger partial charge in [0.1, 0.15) is 12.9 Å². The molecule has 0 radical (unpaired) electrons. The normalized spacial score (nSPS) is 13.6. The van der Waals surface area contributed by atoms with Crippen molar-refractivity contribution < 1.29 is 18.2 Å². The average molecular weight is 429 g/mol. The van der Waals surface area contributed by atoms with Crippen molar-refractivity contribution in [3.05, 3.63) is 59.5 Å². The van der Waals surface area contributed by atoms with E-state index in [1.807, 2.05) is 18.2 Å². The van der Waals surface area contributed by atoms with Gasteiger partial charge in [-0.25, -0.2) is 4.98 Å². The summed E-state index contributed by atoms with van der Waals surface area (Å²) >= 11 is 1.52. The molecule has 0 aliphatic rings. The highest BCUT2D eigenvalue weighted by Gasteiger charge is 2.25. The van der Waals surface area contributed by atoms with Crippen LogP contribution in [0, 0.1) is 0 Å². The maximum atomic E-state index is 12.0. The van der Waals surface area contributed by atoms with Gasteiger partial charge in [0.05, 0.1) is 43.3 Å². The standard InChI is InChI=1S/C18H15N5O4S2/c1-25-22-7-11-5-14(19-8-16(11)29(2)24)17(18-23-21-9-26-18)27-12-3-4-13-15(6-12)28-10-20-13/h3-10,17H,1-2H3/b22-7+. The van der Waals surface area contributed by atoms with Gasteiger partial charge in [0, 0.05) is 18.0 Å². The van der Waals surface area contributed by atoms with Crippen molar-refractivity contribution in [2.75, 3.05) is 13.4 Å². The van der Waals surface area contributed by atoms with Crippen LogP contribution in [0.25, 0.3) is 10.2 Å². The van der Waals surface area contributed by atoms with Gasteiger partial charge < -0.3 is 14.0 Å². The zero-order valence-corrected chi connectivity index (χ0v) is 17.0. The van der Waals surface area contributed by atoms with E-state index >= 15 is 0 Å². The number of nitrogens with zero attached hydrogens (tertiary/aromatic N) is 5. The van der Waals surface area contributed by atoms with Crippen LogP contribution in [0.4, 0.5) is 0 Å². The van der Waals surface area contributed by atoms with Gasteiger partial charge >= 0.3 is 0 Å². The van der Waals surface area contributed by atoms with Crippen molar-refractivity contribution in [1.29, 1.82) is 0 Å². The van der Waals surface area contributed by atoms with Gasteiger partial charge in [-0.05, 0) is 24.3 Å². The maximum Gasteiger partial charge on any atom is 0.263 e. The SMILES string of the molecule is CO/N=C/c1cc(C(Oc2ccc3ncsc3c2)c2nnco2)ncc1S(C)=O. The third kappa shape index (κ3) is 4.15. The van der Waals surface area contributed by atoms with Crippen molar-refractivity contribution in [2.45, 2.75) is 11.0 Å². The predicted molar refractivity (Wildman–Crippen MR) is 108 cm³/mol. The Morgan fingerprint density at radius 3 is 2.97 bits per heavy atom. The maximum absolute atomic E-state index is 12.0. The van der Waals surface area contributed by atoms with E-state index in [-0.39, 0.29) is 5.89 Å². The summed E-state index contributed by atoms with van der Waals surface area (Å²) < 4.78 is 24.5. The fourth-order valence-corrected chi connectivity index (χ4v) is 4.00. The van der Waals surface area contributed by atoms with Crippen LogP contribution in [-0.2, 0) is 15.6 Å². The van der Waals surface area contributed by atoms with E-state index in [1.54, 1.807) is 17.8 Å². The second-order valence-electron chi connectivity index (χ2n) is 5.77. The van der Waals surface area contributed by atoms with E-state index < -0.39 is 16.9 Å². The van der Waals surface area contributed by atoms with Crippen LogP contribution in [0.3, 0.4) is 0 Å². The Hall–Kier alpha value is -3.18. The number of oxime groups is 1. The molecule has 0 saturated heterocycles. The molecule has 29 heavy (non-hydrogen) atoms. The summed E-state index contributed by atoms with van der Waals surface area (Å²) in [6.45, 7) is 0. The molecule has 2 unspecified atom stereocenters. The summed E-state index contributed by atoms with van der Waals surface area (Å²) in [5, 5.41) is 11.5. The van der Waals surface area contributed by atoms with Crippen LogP contribution < -0.4 is 4.74 Å². The lowest BCUT2D eigenvalue weighted by atomic mass is 10.1. The van der Waals surface area contributed by atoms with Crippen LogP contribution in [0.15, 0.2) is 56.8 Å². The smallest absolute Gasteiger partial charge is 0.263 e. The second kappa shape index (κ2) is 8.45. The molecule has 4 aromatic rings. The Bertz CT molecular complexity index is 1180. The highest BCUT2D eigenvalue weighted by atomic mass is 32.2. The molecule has 0 spiro atoms. The number of thiazole rings is 1. The minimum Gasteiger partial charge on any atom is -0.474 e. The molecular weight excluding hydrogens is 414 g/mol. The molecule has 1 aromatic carbocycles. The number of pyridine rings is 1. The lowest BCUT2D eigenvalue weighted by Gasteiger charge is -2.16. The summed E-state index contributed by atoms with van der Waals surface area (Å²) in [6, 6.07) is 7.28. The fourth-order valence-electron chi connectivity index (χ4n) is 2.65. The van der Waals surface area contributed by atoms with Crippen LogP contribution in [0.5, 0.6) is 5.75 Å². The molecule has 0 fully saturated rings.